The molecule has 2 aromatic heterocycles. The summed E-state index contributed by atoms with van der Waals surface area (Å²) in [5.74, 6) is -0.384. The van der Waals surface area contributed by atoms with Gasteiger partial charge in [0.15, 0.2) is 4.77 Å². The predicted octanol–water partition coefficient (Wildman–Crippen LogP) is 4.63. The summed E-state index contributed by atoms with van der Waals surface area (Å²) in [5.41, 5.74) is 1.29. The van der Waals surface area contributed by atoms with E-state index in [1.54, 1.807) is 6.07 Å². The minimum Gasteiger partial charge on any atom is -0.323 e. The molecule has 0 aliphatic heterocycles. The van der Waals surface area contributed by atoms with Crippen molar-refractivity contribution in [3.63, 3.8) is 0 Å². The number of aromatic amines is 1. The van der Waals surface area contributed by atoms with Crippen molar-refractivity contribution in [3.05, 3.63) is 54.1 Å². The second-order valence-electron chi connectivity index (χ2n) is 4.66. The van der Waals surface area contributed by atoms with Crippen molar-refractivity contribution in [3.8, 4) is 5.69 Å². The van der Waals surface area contributed by atoms with E-state index in [9.17, 15) is 9.18 Å². The zero-order chi connectivity index (χ0) is 15.3. The summed E-state index contributed by atoms with van der Waals surface area (Å²) in [6, 6.07) is 4.38. The Morgan fingerprint density at radius 3 is 2.76 bits per heavy atom. The van der Waals surface area contributed by atoms with Gasteiger partial charge in [0.25, 0.3) is 5.56 Å². The highest BCUT2D eigenvalue weighted by Gasteiger charge is 2.14. The number of nitrogens with zero attached hydrogens (tertiary/aromatic N) is 1. The fourth-order valence-corrected chi connectivity index (χ4v) is 3.96. The van der Waals surface area contributed by atoms with Gasteiger partial charge in [0.2, 0.25) is 0 Å². The Morgan fingerprint density at radius 1 is 1.38 bits per heavy atom. The number of nitrogens with one attached hydrogen (secondary N) is 1. The van der Waals surface area contributed by atoms with E-state index in [0.717, 1.165) is 15.3 Å². The second-order valence-corrected chi connectivity index (χ2v) is 7.12. The van der Waals surface area contributed by atoms with E-state index in [4.69, 9.17) is 12.2 Å². The lowest BCUT2D eigenvalue weighted by Gasteiger charge is -2.07. The lowest BCUT2D eigenvalue weighted by atomic mass is 10.2. The van der Waals surface area contributed by atoms with E-state index in [1.807, 2.05) is 13.8 Å². The van der Waals surface area contributed by atoms with Crippen molar-refractivity contribution in [1.82, 2.24) is 9.55 Å². The molecule has 0 bridgehead atoms. The highest BCUT2D eigenvalue weighted by atomic mass is 79.9. The third-order valence-electron chi connectivity index (χ3n) is 3.39. The number of benzene rings is 1. The van der Waals surface area contributed by atoms with Crippen molar-refractivity contribution >= 4 is 49.7 Å². The maximum atomic E-state index is 13.4. The molecule has 0 fully saturated rings. The molecule has 0 saturated heterocycles. The number of rotatable bonds is 1. The van der Waals surface area contributed by atoms with E-state index in [0.29, 0.717) is 20.3 Å². The number of fused-ring (bicyclic) bond motifs is 1. The van der Waals surface area contributed by atoms with Crippen LogP contribution in [0.3, 0.4) is 0 Å². The third kappa shape index (κ3) is 2.29. The molecule has 0 spiro atoms. The van der Waals surface area contributed by atoms with Crippen LogP contribution in [0.25, 0.3) is 15.9 Å². The molecule has 7 heteroatoms. The molecular formula is C14H10BrFN2OS2. The lowest BCUT2D eigenvalue weighted by Crippen LogP contribution is -2.20. The number of hydrogen-bond acceptors (Lipinski definition) is 3. The molecular weight excluding hydrogens is 375 g/mol. The number of hydrogen-bond donors (Lipinski definition) is 1. The average Bonchev–Trinajstić information content (AvgIpc) is 2.69. The highest BCUT2D eigenvalue weighted by Crippen LogP contribution is 2.27. The van der Waals surface area contributed by atoms with Crippen LogP contribution in [0.4, 0.5) is 4.39 Å². The van der Waals surface area contributed by atoms with Gasteiger partial charge in [-0.2, -0.15) is 0 Å². The predicted molar refractivity (Wildman–Crippen MR) is 89.7 cm³/mol. The number of H-pyrrole nitrogens is 1. The summed E-state index contributed by atoms with van der Waals surface area (Å²) < 4.78 is 15.3. The first-order valence-electron chi connectivity index (χ1n) is 6.10. The highest BCUT2D eigenvalue weighted by molar-refractivity contribution is 9.10. The van der Waals surface area contributed by atoms with Crippen LogP contribution >= 0.6 is 39.5 Å². The molecule has 3 aromatic rings. The fraction of sp³-hybridized carbons (Fsp3) is 0.143. The normalized spacial score (nSPS) is 11.2. The SMILES string of the molecule is Cc1sc2[nH]c(=S)n(-c3ccc(F)c(Br)c3)c(=O)c2c1C. The van der Waals surface area contributed by atoms with Gasteiger partial charge >= 0.3 is 0 Å². The molecule has 1 aromatic carbocycles. The minimum atomic E-state index is -0.384. The van der Waals surface area contributed by atoms with E-state index < -0.39 is 0 Å². The monoisotopic (exact) mass is 384 g/mol. The average molecular weight is 385 g/mol. The van der Waals surface area contributed by atoms with Crippen LogP contribution in [0.5, 0.6) is 0 Å². The molecule has 2 heterocycles. The number of thiophene rings is 1. The Bertz CT molecular complexity index is 987. The first-order valence-corrected chi connectivity index (χ1v) is 8.12. The van der Waals surface area contributed by atoms with Crippen LogP contribution in [0.2, 0.25) is 0 Å². The molecule has 0 unspecified atom stereocenters. The zero-order valence-electron chi connectivity index (χ0n) is 11.2. The van der Waals surface area contributed by atoms with Gasteiger partial charge in [-0.3, -0.25) is 9.36 Å². The van der Waals surface area contributed by atoms with Crippen LogP contribution in [-0.4, -0.2) is 9.55 Å². The summed E-state index contributed by atoms with van der Waals surface area (Å²) in [6.07, 6.45) is 0. The molecule has 3 nitrogen and oxygen atoms in total. The van der Waals surface area contributed by atoms with Gasteiger partial charge < -0.3 is 4.98 Å². The minimum absolute atomic E-state index is 0.186. The van der Waals surface area contributed by atoms with Crippen LogP contribution in [-0.2, 0) is 0 Å². The van der Waals surface area contributed by atoms with Crippen LogP contribution in [0, 0.1) is 24.4 Å². The van der Waals surface area contributed by atoms with Crippen molar-refractivity contribution in [2.45, 2.75) is 13.8 Å². The van der Waals surface area contributed by atoms with Crippen LogP contribution in [0.1, 0.15) is 10.4 Å². The Labute approximate surface area is 137 Å². The summed E-state index contributed by atoms with van der Waals surface area (Å²) in [7, 11) is 0. The van der Waals surface area contributed by atoms with E-state index >= 15 is 0 Å². The lowest BCUT2D eigenvalue weighted by molar-refractivity contribution is 0.620. The first kappa shape index (κ1) is 14.6. The smallest absolute Gasteiger partial charge is 0.267 e. The fourth-order valence-electron chi connectivity index (χ4n) is 2.19. The molecule has 0 atom stereocenters. The largest absolute Gasteiger partial charge is 0.323 e. The first-order chi connectivity index (χ1) is 9.90. The van der Waals surface area contributed by atoms with Crippen molar-refractivity contribution in [1.29, 1.82) is 0 Å². The molecule has 3 rings (SSSR count). The Hall–Kier alpha value is -1.31. The molecule has 108 valence electrons. The number of aromatic nitrogens is 2. The summed E-state index contributed by atoms with van der Waals surface area (Å²) in [6.45, 7) is 3.88. The number of halogens is 2. The molecule has 1 N–H and O–H groups in total. The van der Waals surface area contributed by atoms with Crippen molar-refractivity contribution in [2.75, 3.05) is 0 Å². The molecule has 0 aliphatic rings. The maximum Gasteiger partial charge on any atom is 0.267 e. The maximum absolute atomic E-state index is 13.4. The van der Waals surface area contributed by atoms with E-state index in [1.165, 1.54) is 28.0 Å². The number of aryl methyl sites for hydroxylation is 2. The Morgan fingerprint density at radius 2 is 2.10 bits per heavy atom. The van der Waals surface area contributed by atoms with Gasteiger partial charge in [-0.05, 0) is 65.8 Å². The molecule has 0 aliphatic carbocycles. The molecule has 21 heavy (non-hydrogen) atoms. The molecule has 0 radical (unpaired) electrons. The molecule has 0 amide bonds. The zero-order valence-corrected chi connectivity index (χ0v) is 14.4. The second kappa shape index (κ2) is 5.15. The van der Waals surface area contributed by atoms with E-state index in [2.05, 4.69) is 20.9 Å². The van der Waals surface area contributed by atoms with Gasteiger partial charge in [-0.15, -0.1) is 11.3 Å². The van der Waals surface area contributed by atoms with Crippen molar-refractivity contribution in [2.24, 2.45) is 0 Å². The van der Waals surface area contributed by atoms with Gasteiger partial charge in [-0.25, -0.2) is 4.39 Å². The third-order valence-corrected chi connectivity index (χ3v) is 5.40. The summed E-state index contributed by atoms with van der Waals surface area (Å²) in [4.78, 5) is 17.7. The van der Waals surface area contributed by atoms with Crippen LogP contribution in [0.15, 0.2) is 27.5 Å². The van der Waals surface area contributed by atoms with Gasteiger partial charge in [-0.1, -0.05) is 0 Å². The van der Waals surface area contributed by atoms with Gasteiger partial charge in [0.1, 0.15) is 10.6 Å². The van der Waals surface area contributed by atoms with Gasteiger partial charge in [0, 0.05) is 4.88 Å². The quantitative estimate of drug-likeness (QED) is 0.621. The summed E-state index contributed by atoms with van der Waals surface area (Å²) in [5, 5.41) is 0.631. The Kier molecular flexibility index (Phi) is 3.59. The standard InChI is InChI=1S/C14H10BrFN2OS2/c1-6-7(2)21-12-11(6)13(19)18(14(20)17-12)8-3-4-10(16)9(15)5-8/h3-5H,1-2H3,(H,17,20). The van der Waals surface area contributed by atoms with Crippen LogP contribution < -0.4 is 5.56 Å². The Balaban J connectivity index is 2.42. The molecule has 0 saturated carbocycles. The van der Waals surface area contributed by atoms with Crippen molar-refractivity contribution < 1.29 is 4.39 Å². The summed E-state index contributed by atoms with van der Waals surface area (Å²) >= 11 is 9.92. The van der Waals surface area contributed by atoms with E-state index in [-0.39, 0.29) is 11.4 Å². The van der Waals surface area contributed by atoms with Gasteiger partial charge in [0.05, 0.1) is 15.5 Å². The topological polar surface area (TPSA) is 37.8 Å².